The maximum Gasteiger partial charge on any atom is 0.144 e. The molecule has 0 unspecified atom stereocenters. The number of hydrogen-bond acceptors (Lipinski definition) is 6. The molecule has 0 spiro atoms. The van der Waals surface area contributed by atoms with E-state index >= 15 is 0 Å². The van der Waals surface area contributed by atoms with E-state index in [2.05, 4.69) is 15.6 Å². The van der Waals surface area contributed by atoms with E-state index in [1.165, 1.54) is 18.3 Å². The van der Waals surface area contributed by atoms with Crippen molar-refractivity contribution < 1.29 is 18.6 Å². The standard InChI is InChI=1S/C24H24F2N4O2/c1-32-21-6-2-4-16(10-21)14-28-15-23(31)22(11-17-8-19(25)12-20(26)9-17)30-24-18(13-27)5-3-7-29-24/h2-10,12,22-23,28,31H,11,14-15H2,1H3,(H,29,30)/t22-,23+/m0/s1. The Balaban J connectivity index is 1.73. The number of pyridine rings is 1. The molecule has 1 heterocycles. The van der Waals surface area contributed by atoms with Gasteiger partial charge in [0.25, 0.3) is 0 Å². The van der Waals surface area contributed by atoms with Crippen molar-refractivity contribution in [2.24, 2.45) is 0 Å². The second kappa shape index (κ2) is 11.2. The highest BCUT2D eigenvalue weighted by Crippen LogP contribution is 2.18. The molecule has 0 saturated carbocycles. The van der Waals surface area contributed by atoms with Crippen LogP contribution in [0.1, 0.15) is 16.7 Å². The Labute approximate surface area is 185 Å². The Kier molecular flexibility index (Phi) is 8.08. The summed E-state index contributed by atoms with van der Waals surface area (Å²) in [5.41, 5.74) is 1.66. The first kappa shape index (κ1) is 23.1. The minimum atomic E-state index is -0.944. The van der Waals surface area contributed by atoms with Crippen molar-refractivity contribution >= 4 is 5.82 Å². The van der Waals surface area contributed by atoms with Gasteiger partial charge in [0.05, 0.1) is 24.8 Å². The smallest absolute Gasteiger partial charge is 0.144 e. The number of halogens is 2. The second-order valence-electron chi connectivity index (χ2n) is 7.29. The van der Waals surface area contributed by atoms with Gasteiger partial charge in [-0.25, -0.2) is 13.8 Å². The second-order valence-corrected chi connectivity index (χ2v) is 7.29. The van der Waals surface area contributed by atoms with Crippen molar-refractivity contribution in [3.63, 3.8) is 0 Å². The Morgan fingerprint density at radius 2 is 1.88 bits per heavy atom. The number of aromatic nitrogens is 1. The third kappa shape index (κ3) is 6.48. The minimum absolute atomic E-state index is 0.123. The molecule has 0 aliphatic carbocycles. The van der Waals surface area contributed by atoms with Gasteiger partial charge >= 0.3 is 0 Å². The van der Waals surface area contributed by atoms with Gasteiger partial charge < -0.3 is 20.5 Å². The van der Waals surface area contributed by atoms with Gasteiger partial charge in [0.1, 0.15) is 29.3 Å². The summed E-state index contributed by atoms with van der Waals surface area (Å²) in [6.07, 6.45) is 0.702. The zero-order valence-corrected chi connectivity index (χ0v) is 17.6. The molecule has 3 rings (SSSR count). The molecule has 2 aromatic carbocycles. The number of anilines is 1. The van der Waals surface area contributed by atoms with E-state index in [0.717, 1.165) is 17.4 Å². The molecule has 0 radical (unpaired) electrons. The van der Waals surface area contributed by atoms with E-state index in [9.17, 15) is 19.1 Å². The summed E-state index contributed by atoms with van der Waals surface area (Å²) in [4.78, 5) is 4.17. The van der Waals surface area contributed by atoms with Crippen molar-refractivity contribution in [3.05, 3.63) is 89.1 Å². The quantitative estimate of drug-likeness (QED) is 0.450. The molecule has 0 aliphatic heterocycles. The third-order valence-corrected chi connectivity index (χ3v) is 4.91. The van der Waals surface area contributed by atoms with Crippen LogP contribution in [-0.2, 0) is 13.0 Å². The normalized spacial score (nSPS) is 12.6. The molecular weight excluding hydrogens is 414 g/mol. The molecule has 0 amide bonds. The molecule has 3 N–H and O–H groups in total. The molecule has 166 valence electrons. The van der Waals surface area contributed by atoms with Crippen LogP contribution in [0, 0.1) is 23.0 Å². The first-order valence-corrected chi connectivity index (χ1v) is 10.1. The predicted octanol–water partition coefficient (Wildman–Crippen LogP) is 3.41. The topological polar surface area (TPSA) is 90.2 Å². The van der Waals surface area contributed by atoms with Crippen molar-refractivity contribution in [1.29, 1.82) is 5.26 Å². The lowest BCUT2D eigenvalue weighted by Gasteiger charge is -2.26. The fraction of sp³-hybridized carbons (Fsp3) is 0.250. The Morgan fingerprint density at radius 3 is 2.59 bits per heavy atom. The summed E-state index contributed by atoms with van der Waals surface area (Å²) in [6.45, 7) is 0.685. The number of benzene rings is 2. The van der Waals surface area contributed by atoms with Gasteiger partial charge in [-0.05, 0) is 53.9 Å². The summed E-state index contributed by atoms with van der Waals surface area (Å²) >= 11 is 0. The van der Waals surface area contributed by atoms with Crippen LogP contribution in [0.15, 0.2) is 60.8 Å². The zero-order chi connectivity index (χ0) is 22.9. The van der Waals surface area contributed by atoms with E-state index in [1.807, 2.05) is 30.3 Å². The number of methoxy groups -OCH3 is 1. The SMILES string of the molecule is COc1cccc(CNC[C@@H](O)[C@H](Cc2cc(F)cc(F)c2)Nc2ncccc2C#N)c1. The Hall–Kier alpha value is -3.54. The zero-order valence-electron chi connectivity index (χ0n) is 17.6. The lowest BCUT2D eigenvalue weighted by molar-refractivity contribution is 0.148. The molecule has 3 aromatic rings. The van der Waals surface area contributed by atoms with Crippen molar-refractivity contribution in [3.8, 4) is 11.8 Å². The summed E-state index contributed by atoms with van der Waals surface area (Å²) in [5, 5.41) is 26.4. The van der Waals surface area contributed by atoms with Crippen LogP contribution in [0.4, 0.5) is 14.6 Å². The number of rotatable bonds is 10. The van der Waals surface area contributed by atoms with Crippen LogP contribution in [0.5, 0.6) is 5.75 Å². The van der Waals surface area contributed by atoms with E-state index in [1.54, 1.807) is 19.2 Å². The fourth-order valence-corrected chi connectivity index (χ4v) is 3.34. The van der Waals surface area contributed by atoms with Gasteiger partial charge in [-0.15, -0.1) is 0 Å². The number of nitrogens with zero attached hydrogens (tertiary/aromatic N) is 2. The van der Waals surface area contributed by atoms with Crippen LogP contribution in [0.3, 0.4) is 0 Å². The van der Waals surface area contributed by atoms with Crippen molar-refractivity contribution in [2.45, 2.75) is 25.1 Å². The van der Waals surface area contributed by atoms with Gasteiger partial charge in [0.15, 0.2) is 0 Å². The fourth-order valence-electron chi connectivity index (χ4n) is 3.34. The van der Waals surface area contributed by atoms with Crippen molar-refractivity contribution in [1.82, 2.24) is 10.3 Å². The first-order chi connectivity index (χ1) is 15.5. The van der Waals surface area contributed by atoms with Gasteiger partial charge in [-0.1, -0.05) is 12.1 Å². The van der Waals surface area contributed by atoms with E-state index < -0.39 is 23.8 Å². The van der Waals surface area contributed by atoms with Crippen LogP contribution in [0.2, 0.25) is 0 Å². The highest BCUT2D eigenvalue weighted by atomic mass is 19.1. The summed E-state index contributed by atoms with van der Waals surface area (Å²) in [6, 6.07) is 15.4. The van der Waals surface area contributed by atoms with Crippen LogP contribution in [-0.4, -0.2) is 35.9 Å². The van der Waals surface area contributed by atoms with Crippen LogP contribution < -0.4 is 15.4 Å². The first-order valence-electron chi connectivity index (χ1n) is 10.1. The summed E-state index contributed by atoms with van der Waals surface area (Å²) in [5.74, 6) is -0.361. The summed E-state index contributed by atoms with van der Waals surface area (Å²) in [7, 11) is 1.59. The molecule has 0 fully saturated rings. The molecule has 6 nitrogen and oxygen atoms in total. The maximum atomic E-state index is 13.7. The Bertz CT molecular complexity index is 1070. The van der Waals surface area contributed by atoms with Gasteiger partial charge in [0.2, 0.25) is 0 Å². The number of nitrogens with one attached hydrogen (secondary N) is 2. The lowest BCUT2D eigenvalue weighted by atomic mass is 10.00. The number of ether oxygens (including phenoxy) is 1. The average molecular weight is 438 g/mol. The molecule has 32 heavy (non-hydrogen) atoms. The van der Waals surface area contributed by atoms with Crippen LogP contribution >= 0.6 is 0 Å². The minimum Gasteiger partial charge on any atom is -0.497 e. The number of hydrogen-bond donors (Lipinski definition) is 3. The summed E-state index contributed by atoms with van der Waals surface area (Å²) < 4.78 is 32.6. The van der Waals surface area contributed by atoms with Crippen molar-refractivity contribution in [2.75, 3.05) is 19.0 Å². The Morgan fingerprint density at radius 1 is 1.09 bits per heavy atom. The monoisotopic (exact) mass is 438 g/mol. The maximum absolute atomic E-state index is 13.7. The number of nitriles is 1. The molecule has 2 atom stereocenters. The molecule has 0 saturated heterocycles. The number of aliphatic hydroxyl groups is 1. The third-order valence-electron chi connectivity index (χ3n) is 4.91. The molecule has 8 heteroatoms. The highest BCUT2D eigenvalue weighted by molar-refractivity contribution is 5.52. The number of aliphatic hydroxyl groups excluding tert-OH is 1. The predicted molar refractivity (Wildman–Crippen MR) is 117 cm³/mol. The van der Waals surface area contributed by atoms with E-state index in [4.69, 9.17) is 4.74 Å². The molecule has 0 aliphatic rings. The highest BCUT2D eigenvalue weighted by Gasteiger charge is 2.22. The van der Waals surface area contributed by atoms with Gasteiger partial charge in [-0.3, -0.25) is 0 Å². The molecular formula is C24H24F2N4O2. The van der Waals surface area contributed by atoms with Gasteiger partial charge in [0, 0.05) is 25.4 Å². The molecule has 1 aromatic heterocycles. The van der Waals surface area contributed by atoms with Crippen LogP contribution in [0.25, 0.3) is 0 Å². The lowest BCUT2D eigenvalue weighted by Crippen LogP contribution is -2.42. The largest absolute Gasteiger partial charge is 0.497 e. The van der Waals surface area contributed by atoms with Gasteiger partial charge in [-0.2, -0.15) is 5.26 Å². The average Bonchev–Trinajstić information content (AvgIpc) is 2.78. The van der Waals surface area contributed by atoms with E-state index in [0.29, 0.717) is 23.5 Å². The van der Waals surface area contributed by atoms with E-state index in [-0.39, 0.29) is 13.0 Å². The molecule has 0 bridgehead atoms.